The Labute approximate surface area is 178 Å². The molecule has 0 aliphatic rings. The summed E-state index contributed by atoms with van der Waals surface area (Å²) in [5, 5.41) is 2.96. The van der Waals surface area contributed by atoms with E-state index in [0.29, 0.717) is 16.8 Å². The van der Waals surface area contributed by atoms with Gasteiger partial charge in [0.15, 0.2) is 0 Å². The number of sulfonamides is 1. The number of amides is 1. The van der Waals surface area contributed by atoms with Gasteiger partial charge in [0.2, 0.25) is 0 Å². The van der Waals surface area contributed by atoms with E-state index in [1.165, 1.54) is 0 Å². The minimum absolute atomic E-state index is 0.194. The smallest absolute Gasteiger partial charge is 0.261 e. The summed E-state index contributed by atoms with van der Waals surface area (Å²) in [7, 11) is -3.70. The lowest BCUT2D eigenvalue weighted by Gasteiger charge is -2.15. The van der Waals surface area contributed by atoms with Crippen LogP contribution < -0.4 is 10.0 Å². The fraction of sp³-hybridized carbons (Fsp3) is 0.208. The van der Waals surface area contributed by atoms with Gasteiger partial charge in [-0.15, -0.1) is 0 Å². The fourth-order valence-electron chi connectivity index (χ4n) is 3.15. The van der Waals surface area contributed by atoms with Crippen molar-refractivity contribution in [2.24, 2.45) is 0 Å². The molecule has 3 rings (SSSR count). The SMILES string of the molecule is Cc1ccc(S(=O)(=O)Nc2ccc(C(=O)Nc3ccccc3C(C)C)cc2C)cc1. The van der Waals surface area contributed by atoms with E-state index in [9.17, 15) is 13.2 Å². The maximum atomic E-state index is 12.7. The molecule has 0 aliphatic heterocycles. The first-order valence-electron chi connectivity index (χ1n) is 9.78. The topological polar surface area (TPSA) is 75.3 Å². The number of para-hydroxylation sites is 1. The normalized spacial score (nSPS) is 11.4. The Kier molecular flexibility index (Phi) is 6.27. The van der Waals surface area contributed by atoms with Crippen LogP contribution in [0.2, 0.25) is 0 Å². The highest BCUT2D eigenvalue weighted by Gasteiger charge is 2.17. The molecule has 0 saturated carbocycles. The molecule has 0 saturated heterocycles. The Morgan fingerprint density at radius 1 is 0.867 bits per heavy atom. The van der Waals surface area contributed by atoms with Gasteiger partial charge in [-0.3, -0.25) is 9.52 Å². The van der Waals surface area contributed by atoms with E-state index in [-0.39, 0.29) is 16.7 Å². The maximum Gasteiger partial charge on any atom is 0.261 e. The third-order valence-corrected chi connectivity index (χ3v) is 6.28. The summed E-state index contributed by atoms with van der Waals surface area (Å²) < 4.78 is 27.9. The van der Waals surface area contributed by atoms with E-state index in [1.807, 2.05) is 31.2 Å². The molecule has 0 fully saturated rings. The molecule has 30 heavy (non-hydrogen) atoms. The van der Waals surface area contributed by atoms with Crippen LogP contribution in [0.15, 0.2) is 71.6 Å². The minimum Gasteiger partial charge on any atom is -0.322 e. The third kappa shape index (κ3) is 4.89. The summed E-state index contributed by atoms with van der Waals surface area (Å²) in [6, 6.07) is 19.3. The summed E-state index contributed by atoms with van der Waals surface area (Å²) in [6.45, 7) is 7.82. The standard InChI is InChI=1S/C24H26N2O3S/c1-16(2)21-7-5-6-8-23(21)25-24(27)19-11-14-22(18(4)15-19)26-30(28,29)20-12-9-17(3)10-13-20/h5-16,26H,1-4H3,(H,25,27). The van der Waals surface area contributed by atoms with Crippen molar-refractivity contribution in [1.82, 2.24) is 0 Å². The molecule has 3 aromatic carbocycles. The first-order chi connectivity index (χ1) is 14.2. The van der Waals surface area contributed by atoms with Crippen molar-refractivity contribution in [2.45, 2.75) is 38.5 Å². The van der Waals surface area contributed by atoms with E-state index in [1.54, 1.807) is 49.4 Å². The largest absolute Gasteiger partial charge is 0.322 e. The van der Waals surface area contributed by atoms with Gasteiger partial charge in [0, 0.05) is 11.3 Å². The van der Waals surface area contributed by atoms with Crippen LogP contribution in [-0.2, 0) is 10.0 Å². The van der Waals surface area contributed by atoms with Crippen LogP contribution in [0.5, 0.6) is 0 Å². The Hall–Kier alpha value is -3.12. The number of hydrogen-bond acceptors (Lipinski definition) is 3. The second-order valence-corrected chi connectivity index (χ2v) is 9.33. The van der Waals surface area contributed by atoms with Crippen LogP contribution in [-0.4, -0.2) is 14.3 Å². The van der Waals surface area contributed by atoms with Crippen molar-refractivity contribution >= 4 is 27.3 Å². The van der Waals surface area contributed by atoms with Crippen LogP contribution in [0.1, 0.15) is 46.8 Å². The van der Waals surface area contributed by atoms with Crippen molar-refractivity contribution in [3.8, 4) is 0 Å². The van der Waals surface area contributed by atoms with Gasteiger partial charge < -0.3 is 5.32 Å². The van der Waals surface area contributed by atoms with Crippen molar-refractivity contribution in [3.05, 3.63) is 89.0 Å². The van der Waals surface area contributed by atoms with E-state index >= 15 is 0 Å². The van der Waals surface area contributed by atoms with Crippen molar-refractivity contribution in [2.75, 3.05) is 10.0 Å². The summed E-state index contributed by atoms with van der Waals surface area (Å²) in [6.07, 6.45) is 0. The maximum absolute atomic E-state index is 12.7. The van der Waals surface area contributed by atoms with Gasteiger partial charge in [-0.2, -0.15) is 0 Å². The number of nitrogens with one attached hydrogen (secondary N) is 2. The lowest BCUT2D eigenvalue weighted by Crippen LogP contribution is -2.16. The zero-order chi connectivity index (χ0) is 21.9. The van der Waals surface area contributed by atoms with Gasteiger partial charge >= 0.3 is 0 Å². The van der Waals surface area contributed by atoms with E-state index in [2.05, 4.69) is 23.9 Å². The number of carbonyl (C=O) groups excluding carboxylic acids is 1. The number of rotatable bonds is 6. The molecular weight excluding hydrogens is 396 g/mol. The fourth-order valence-corrected chi connectivity index (χ4v) is 4.28. The highest BCUT2D eigenvalue weighted by molar-refractivity contribution is 7.92. The molecular formula is C24H26N2O3S. The molecule has 0 unspecified atom stereocenters. The Balaban J connectivity index is 1.80. The first-order valence-corrected chi connectivity index (χ1v) is 11.3. The molecule has 0 atom stereocenters. The lowest BCUT2D eigenvalue weighted by atomic mass is 10.0. The second-order valence-electron chi connectivity index (χ2n) is 7.64. The van der Waals surface area contributed by atoms with Crippen LogP contribution in [0.4, 0.5) is 11.4 Å². The molecule has 3 aromatic rings. The van der Waals surface area contributed by atoms with E-state index in [4.69, 9.17) is 0 Å². The van der Waals surface area contributed by atoms with Gasteiger partial charge in [0.1, 0.15) is 0 Å². The van der Waals surface area contributed by atoms with Gasteiger partial charge in [-0.05, 0) is 67.3 Å². The predicted octanol–water partition coefficient (Wildman–Crippen LogP) is 5.48. The molecule has 0 spiro atoms. The Bertz CT molecular complexity index is 1170. The van der Waals surface area contributed by atoms with Crippen LogP contribution in [0.25, 0.3) is 0 Å². The van der Waals surface area contributed by atoms with Gasteiger partial charge in [0.25, 0.3) is 15.9 Å². The highest BCUT2D eigenvalue weighted by Crippen LogP contribution is 2.25. The molecule has 0 aliphatic carbocycles. The molecule has 156 valence electrons. The molecule has 6 heteroatoms. The molecule has 0 bridgehead atoms. The van der Waals surface area contributed by atoms with Crippen LogP contribution in [0.3, 0.4) is 0 Å². The molecule has 1 amide bonds. The number of anilines is 2. The number of benzene rings is 3. The summed E-state index contributed by atoms with van der Waals surface area (Å²) >= 11 is 0. The zero-order valence-electron chi connectivity index (χ0n) is 17.6. The average Bonchev–Trinajstić information content (AvgIpc) is 2.70. The van der Waals surface area contributed by atoms with Gasteiger partial charge in [-0.1, -0.05) is 49.7 Å². The predicted molar refractivity (Wildman–Crippen MR) is 122 cm³/mol. The Morgan fingerprint density at radius 3 is 2.17 bits per heavy atom. The third-order valence-electron chi connectivity index (χ3n) is 4.90. The highest BCUT2D eigenvalue weighted by atomic mass is 32.2. The number of carbonyl (C=O) groups is 1. The molecule has 5 nitrogen and oxygen atoms in total. The van der Waals surface area contributed by atoms with Crippen molar-refractivity contribution in [1.29, 1.82) is 0 Å². The number of aryl methyl sites for hydroxylation is 2. The molecule has 2 N–H and O–H groups in total. The summed E-state index contributed by atoms with van der Waals surface area (Å²) in [4.78, 5) is 12.9. The van der Waals surface area contributed by atoms with E-state index < -0.39 is 10.0 Å². The first kappa shape index (κ1) is 21.6. The number of hydrogen-bond donors (Lipinski definition) is 2. The quantitative estimate of drug-likeness (QED) is 0.552. The summed E-state index contributed by atoms with van der Waals surface area (Å²) in [5.74, 6) is 0.0425. The lowest BCUT2D eigenvalue weighted by molar-refractivity contribution is 0.102. The zero-order valence-corrected chi connectivity index (χ0v) is 18.4. The molecule has 0 heterocycles. The van der Waals surface area contributed by atoms with Crippen molar-refractivity contribution < 1.29 is 13.2 Å². The van der Waals surface area contributed by atoms with Crippen molar-refractivity contribution in [3.63, 3.8) is 0 Å². The minimum atomic E-state index is -3.70. The molecule has 0 radical (unpaired) electrons. The summed E-state index contributed by atoms with van der Waals surface area (Å²) in [5.41, 5.74) is 4.39. The van der Waals surface area contributed by atoms with Gasteiger partial charge in [0.05, 0.1) is 10.6 Å². The Morgan fingerprint density at radius 2 is 1.53 bits per heavy atom. The average molecular weight is 423 g/mol. The molecule has 0 aromatic heterocycles. The van der Waals surface area contributed by atoms with Gasteiger partial charge in [-0.25, -0.2) is 8.42 Å². The van der Waals surface area contributed by atoms with E-state index in [0.717, 1.165) is 16.8 Å². The van der Waals surface area contributed by atoms with Crippen LogP contribution in [0, 0.1) is 13.8 Å². The van der Waals surface area contributed by atoms with Crippen LogP contribution >= 0.6 is 0 Å². The monoisotopic (exact) mass is 422 g/mol. The second kappa shape index (κ2) is 8.71.